The summed E-state index contributed by atoms with van der Waals surface area (Å²) in [5.74, 6) is -1.70. The van der Waals surface area contributed by atoms with Crippen LogP contribution in [0.4, 0.5) is 19.3 Å². The third kappa shape index (κ3) is 3.40. The molecule has 1 aromatic carbocycles. The van der Waals surface area contributed by atoms with Crippen LogP contribution in [0.25, 0.3) is 0 Å². The van der Waals surface area contributed by atoms with Gasteiger partial charge in [-0.15, -0.1) is 0 Å². The number of hydrogen-bond donors (Lipinski definition) is 1. The molecule has 1 amide bonds. The second-order valence-corrected chi connectivity index (χ2v) is 4.61. The minimum absolute atomic E-state index is 0.491. The molecule has 6 heteroatoms. The molecule has 0 atom stereocenters. The van der Waals surface area contributed by atoms with Gasteiger partial charge in [-0.25, -0.2) is 24.0 Å². The highest BCUT2D eigenvalue weighted by Gasteiger charge is 2.26. The van der Waals surface area contributed by atoms with E-state index in [4.69, 9.17) is 4.74 Å². The zero-order valence-corrected chi connectivity index (χ0v) is 10.8. The highest BCUT2D eigenvalue weighted by molar-refractivity contribution is 5.87. The first-order valence-corrected chi connectivity index (χ1v) is 5.41. The Labute approximate surface area is 105 Å². The molecule has 0 aliphatic rings. The van der Waals surface area contributed by atoms with Gasteiger partial charge in [0, 0.05) is 7.05 Å². The SMILES string of the molecule is CNN(C(=O)OC(C)(C)C)c1c(F)cccc1F. The fourth-order valence-electron chi connectivity index (χ4n) is 1.30. The average Bonchev–Trinajstić information content (AvgIpc) is 2.20. The number of benzene rings is 1. The Hall–Kier alpha value is -1.69. The van der Waals surface area contributed by atoms with E-state index in [1.165, 1.54) is 13.1 Å². The topological polar surface area (TPSA) is 41.6 Å². The molecule has 0 aliphatic carbocycles. The predicted octanol–water partition coefficient (Wildman–Crippen LogP) is 2.84. The van der Waals surface area contributed by atoms with Gasteiger partial charge in [-0.05, 0) is 32.9 Å². The van der Waals surface area contributed by atoms with Crippen molar-refractivity contribution in [1.82, 2.24) is 5.43 Å². The number of anilines is 1. The third-order valence-corrected chi connectivity index (χ3v) is 1.96. The van der Waals surface area contributed by atoms with Crippen molar-refractivity contribution in [2.24, 2.45) is 0 Å². The molecular weight excluding hydrogens is 242 g/mol. The van der Waals surface area contributed by atoms with Crippen molar-refractivity contribution in [2.45, 2.75) is 26.4 Å². The molecule has 0 fully saturated rings. The Balaban J connectivity index is 3.07. The number of nitrogens with zero attached hydrogens (tertiary/aromatic N) is 1. The lowest BCUT2D eigenvalue weighted by molar-refractivity contribution is 0.0562. The van der Waals surface area contributed by atoms with Gasteiger partial charge >= 0.3 is 6.09 Å². The molecule has 0 bridgehead atoms. The summed E-state index contributed by atoms with van der Waals surface area (Å²) in [6.45, 7) is 4.99. The molecule has 1 rings (SSSR count). The highest BCUT2D eigenvalue weighted by atomic mass is 19.1. The summed E-state index contributed by atoms with van der Waals surface area (Å²) in [6.07, 6.45) is -0.881. The van der Waals surface area contributed by atoms with E-state index in [2.05, 4.69) is 5.43 Å². The molecule has 100 valence electrons. The molecule has 0 radical (unpaired) electrons. The van der Waals surface area contributed by atoms with Crippen molar-refractivity contribution >= 4 is 11.8 Å². The van der Waals surface area contributed by atoms with Crippen LogP contribution in [0.15, 0.2) is 18.2 Å². The standard InChI is InChI=1S/C12H16F2N2O2/c1-12(2,3)18-11(17)16(15-4)10-8(13)6-5-7-9(10)14/h5-7,15H,1-4H3. The Morgan fingerprint density at radius 1 is 1.28 bits per heavy atom. The van der Waals surface area contributed by atoms with Crippen LogP contribution in [0.5, 0.6) is 0 Å². The van der Waals surface area contributed by atoms with Crippen molar-refractivity contribution in [3.8, 4) is 0 Å². The van der Waals surface area contributed by atoms with Crippen molar-refractivity contribution < 1.29 is 18.3 Å². The zero-order chi connectivity index (χ0) is 13.9. The number of halogens is 2. The number of carbonyl (C=O) groups excluding carboxylic acids is 1. The fourth-order valence-corrected chi connectivity index (χ4v) is 1.30. The number of hydrogen-bond acceptors (Lipinski definition) is 3. The molecule has 0 aliphatic heterocycles. The first-order valence-electron chi connectivity index (χ1n) is 5.41. The van der Waals surface area contributed by atoms with E-state index >= 15 is 0 Å². The van der Waals surface area contributed by atoms with Crippen LogP contribution in [0.3, 0.4) is 0 Å². The van der Waals surface area contributed by atoms with Crippen LogP contribution in [-0.2, 0) is 4.74 Å². The number of carbonyl (C=O) groups is 1. The zero-order valence-electron chi connectivity index (χ0n) is 10.8. The first-order chi connectivity index (χ1) is 8.26. The number of para-hydroxylation sites is 1. The summed E-state index contributed by atoms with van der Waals surface area (Å²) in [4.78, 5) is 11.8. The van der Waals surface area contributed by atoms with E-state index in [0.29, 0.717) is 5.01 Å². The Morgan fingerprint density at radius 2 is 1.78 bits per heavy atom. The van der Waals surface area contributed by atoms with Crippen molar-refractivity contribution in [3.63, 3.8) is 0 Å². The van der Waals surface area contributed by atoms with Crippen LogP contribution in [0.2, 0.25) is 0 Å². The lowest BCUT2D eigenvalue weighted by Gasteiger charge is -2.26. The van der Waals surface area contributed by atoms with E-state index in [1.807, 2.05) is 0 Å². The molecule has 0 unspecified atom stereocenters. The van der Waals surface area contributed by atoms with Crippen LogP contribution in [0, 0.1) is 11.6 Å². The van der Waals surface area contributed by atoms with Gasteiger partial charge < -0.3 is 4.74 Å². The largest absolute Gasteiger partial charge is 0.442 e. The van der Waals surface area contributed by atoms with Gasteiger partial charge in [0.25, 0.3) is 0 Å². The minimum atomic E-state index is -0.881. The molecule has 0 heterocycles. The molecule has 0 saturated carbocycles. The summed E-state index contributed by atoms with van der Waals surface area (Å²) in [5, 5.41) is 0.690. The second kappa shape index (κ2) is 5.30. The Bertz CT molecular complexity index is 424. The Morgan fingerprint density at radius 3 is 2.17 bits per heavy atom. The first kappa shape index (κ1) is 14.4. The normalized spacial score (nSPS) is 11.2. The van der Waals surface area contributed by atoms with Crippen molar-refractivity contribution in [3.05, 3.63) is 29.8 Å². The fraction of sp³-hybridized carbons (Fsp3) is 0.417. The van der Waals surface area contributed by atoms with Crippen molar-refractivity contribution in [1.29, 1.82) is 0 Å². The van der Waals surface area contributed by atoms with E-state index < -0.39 is 29.0 Å². The summed E-state index contributed by atoms with van der Waals surface area (Å²) >= 11 is 0. The summed E-state index contributed by atoms with van der Waals surface area (Å²) < 4.78 is 32.1. The number of hydrazine groups is 1. The molecule has 1 aromatic rings. The number of amides is 1. The maximum Gasteiger partial charge on any atom is 0.429 e. The van der Waals surface area contributed by atoms with Gasteiger partial charge in [0.1, 0.15) is 11.3 Å². The predicted molar refractivity (Wildman–Crippen MR) is 64.1 cm³/mol. The minimum Gasteiger partial charge on any atom is -0.442 e. The lowest BCUT2D eigenvalue weighted by Crippen LogP contribution is -2.45. The van der Waals surface area contributed by atoms with E-state index in [9.17, 15) is 13.6 Å². The quantitative estimate of drug-likeness (QED) is 0.829. The maximum absolute atomic E-state index is 13.6. The molecule has 1 N–H and O–H groups in total. The molecular formula is C12H16F2N2O2. The maximum atomic E-state index is 13.6. The van der Waals surface area contributed by atoms with Crippen molar-refractivity contribution in [2.75, 3.05) is 12.1 Å². The van der Waals surface area contributed by atoms with E-state index in [0.717, 1.165) is 12.1 Å². The number of nitrogens with one attached hydrogen (secondary N) is 1. The molecule has 0 saturated heterocycles. The monoisotopic (exact) mass is 258 g/mol. The van der Waals surface area contributed by atoms with Gasteiger partial charge in [-0.3, -0.25) is 0 Å². The van der Waals surface area contributed by atoms with Gasteiger partial charge in [0.2, 0.25) is 0 Å². The third-order valence-electron chi connectivity index (χ3n) is 1.96. The second-order valence-electron chi connectivity index (χ2n) is 4.61. The smallest absolute Gasteiger partial charge is 0.429 e. The summed E-state index contributed by atoms with van der Waals surface area (Å²) in [5.41, 5.74) is 1.15. The summed E-state index contributed by atoms with van der Waals surface area (Å²) in [6, 6.07) is 3.34. The number of rotatable bonds is 2. The van der Waals surface area contributed by atoms with Gasteiger partial charge in [-0.2, -0.15) is 0 Å². The van der Waals surface area contributed by atoms with Crippen LogP contribution >= 0.6 is 0 Å². The molecule has 18 heavy (non-hydrogen) atoms. The van der Waals surface area contributed by atoms with Gasteiger partial charge in [0.05, 0.1) is 0 Å². The average molecular weight is 258 g/mol. The van der Waals surface area contributed by atoms with E-state index in [-0.39, 0.29) is 0 Å². The summed E-state index contributed by atoms with van der Waals surface area (Å²) in [7, 11) is 1.37. The van der Waals surface area contributed by atoms with Crippen LogP contribution < -0.4 is 10.4 Å². The molecule has 0 spiro atoms. The lowest BCUT2D eigenvalue weighted by atomic mass is 10.2. The van der Waals surface area contributed by atoms with Crippen LogP contribution in [0.1, 0.15) is 20.8 Å². The Kier molecular flexibility index (Phi) is 4.24. The number of ether oxygens (including phenoxy) is 1. The molecule has 0 aromatic heterocycles. The van der Waals surface area contributed by atoms with Crippen LogP contribution in [-0.4, -0.2) is 18.7 Å². The highest BCUT2D eigenvalue weighted by Crippen LogP contribution is 2.23. The van der Waals surface area contributed by atoms with E-state index in [1.54, 1.807) is 20.8 Å². The van der Waals surface area contributed by atoms with Gasteiger partial charge in [-0.1, -0.05) is 6.07 Å². The van der Waals surface area contributed by atoms with Gasteiger partial charge in [0.15, 0.2) is 11.6 Å². The molecule has 4 nitrogen and oxygen atoms in total.